The minimum atomic E-state index is -0.515. The number of rotatable bonds is 0. The summed E-state index contributed by atoms with van der Waals surface area (Å²) in [5.74, 6) is -0.515. The van der Waals surface area contributed by atoms with E-state index < -0.39 is 5.79 Å². The Morgan fingerprint density at radius 3 is 2.67 bits per heavy atom. The van der Waals surface area contributed by atoms with Gasteiger partial charge >= 0.3 is 0 Å². The van der Waals surface area contributed by atoms with Gasteiger partial charge in [0.1, 0.15) is 18.3 Å². The van der Waals surface area contributed by atoms with Crippen molar-refractivity contribution in [3.05, 3.63) is 0 Å². The Bertz CT molecular complexity index is 215. The van der Waals surface area contributed by atoms with Gasteiger partial charge < -0.3 is 18.9 Å². The number of hydrogen-bond acceptors (Lipinski definition) is 4. The molecule has 0 amide bonds. The number of hydrogen-bond donors (Lipinski definition) is 0. The minimum Gasteiger partial charge on any atom is -0.370 e. The Morgan fingerprint density at radius 2 is 2.00 bits per heavy atom. The lowest BCUT2D eigenvalue weighted by Gasteiger charge is -2.32. The lowest BCUT2D eigenvalue weighted by Crippen LogP contribution is -2.48. The van der Waals surface area contributed by atoms with Crippen LogP contribution in [0.25, 0.3) is 0 Å². The van der Waals surface area contributed by atoms with Gasteiger partial charge in [-0.3, -0.25) is 0 Å². The van der Waals surface area contributed by atoms with Crippen LogP contribution in [0.15, 0.2) is 0 Å². The highest BCUT2D eigenvalue weighted by atomic mass is 16.9. The molecule has 0 aromatic carbocycles. The van der Waals surface area contributed by atoms with Crippen LogP contribution >= 0.6 is 0 Å². The zero-order valence-electron chi connectivity index (χ0n) is 7.15. The molecule has 0 N–H and O–H groups in total. The number of fused-ring (bicyclic) bond motifs is 3. The maximum absolute atomic E-state index is 5.63. The monoisotopic (exact) mass is 172 g/mol. The highest BCUT2D eigenvalue weighted by molar-refractivity contribution is 4.98. The smallest absolute Gasteiger partial charge is 0.190 e. The Hall–Kier alpha value is -0.160. The highest BCUT2D eigenvalue weighted by Gasteiger charge is 2.59. The third-order valence-electron chi connectivity index (χ3n) is 2.54. The van der Waals surface area contributed by atoms with Crippen molar-refractivity contribution in [1.29, 1.82) is 0 Å². The molecule has 4 nitrogen and oxygen atoms in total. The summed E-state index contributed by atoms with van der Waals surface area (Å²) >= 11 is 0. The molecule has 12 heavy (non-hydrogen) atoms. The van der Waals surface area contributed by atoms with Crippen LogP contribution in [0.2, 0.25) is 0 Å². The van der Waals surface area contributed by atoms with E-state index in [9.17, 15) is 0 Å². The molecule has 4 atom stereocenters. The molecule has 0 saturated carbocycles. The zero-order valence-corrected chi connectivity index (χ0v) is 7.15. The van der Waals surface area contributed by atoms with E-state index in [4.69, 9.17) is 18.9 Å². The zero-order chi connectivity index (χ0) is 8.34. The number of ether oxygens (including phenoxy) is 4. The highest BCUT2D eigenvalue weighted by Crippen LogP contribution is 2.42. The van der Waals surface area contributed by atoms with Crippen molar-refractivity contribution in [3.8, 4) is 0 Å². The Balaban J connectivity index is 1.81. The first-order valence-electron chi connectivity index (χ1n) is 4.28. The van der Waals surface area contributed by atoms with Gasteiger partial charge in [-0.25, -0.2) is 0 Å². The molecule has 0 unspecified atom stereocenters. The van der Waals surface area contributed by atoms with Crippen molar-refractivity contribution in [2.75, 3.05) is 6.61 Å². The average molecular weight is 172 g/mol. The van der Waals surface area contributed by atoms with Gasteiger partial charge in [0.25, 0.3) is 0 Å². The van der Waals surface area contributed by atoms with E-state index in [1.165, 1.54) is 0 Å². The van der Waals surface area contributed by atoms with Gasteiger partial charge in [0, 0.05) is 0 Å². The van der Waals surface area contributed by atoms with Crippen LogP contribution < -0.4 is 0 Å². The van der Waals surface area contributed by atoms with Crippen molar-refractivity contribution >= 4 is 0 Å². The van der Waals surface area contributed by atoms with E-state index in [0.717, 1.165) is 0 Å². The van der Waals surface area contributed by atoms with Crippen LogP contribution in [-0.4, -0.2) is 37.0 Å². The summed E-state index contributed by atoms with van der Waals surface area (Å²) in [4.78, 5) is 0. The van der Waals surface area contributed by atoms with Gasteiger partial charge in [0.05, 0.1) is 6.61 Å². The Morgan fingerprint density at radius 1 is 1.17 bits per heavy atom. The molecule has 0 aromatic heterocycles. The fourth-order valence-electron chi connectivity index (χ4n) is 1.97. The van der Waals surface area contributed by atoms with Crippen LogP contribution in [0.5, 0.6) is 0 Å². The molecule has 3 aliphatic rings. The van der Waals surface area contributed by atoms with Crippen molar-refractivity contribution in [2.45, 2.75) is 44.2 Å². The molecule has 0 radical (unpaired) electrons. The maximum atomic E-state index is 5.63. The Labute approximate surface area is 70.7 Å². The average Bonchev–Trinajstić information content (AvgIpc) is 2.26. The van der Waals surface area contributed by atoms with E-state index in [-0.39, 0.29) is 24.6 Å². The summed E-state index contributed by atoms with van der Waals surface area (Å²) in [5.41, 5.74) is 0. The minimum absolute atomic E-state index is 0.0150. The normalized spacial score (nSPS) is 54.5. The molecule has 68 valence electrons. The quantitative estimate of drug-likeness (QED) is 0.525. The summed E-state index contributed by atoms with van der Waals surface area (Å²) < 4.78 is 22.0. The summed E-state index contributed by atoms with van der Waals surface area (Å²) in [6, 6.07) is 0. The fourth-order valence-corrected chi connectivity index (χ4v) is 1.97. The summed E-state index contributed by atoms with van der Waals surface area (Å²) in [6.07, 6.45) is 0.0872. The summed E-state index contributed by atoms with van der Waals surface area (Å²) in [7, 11) is 0. The van der Waals surface area contributed by atoms with Crippen molar-refractivity contribution < 1.29 is 18.9 Å². The van der Waals surface area contributed by atoms with E-state index >= 15 is 0 Å². The molecule has 4 heteroatoms. The van der Waals surface area contributed by atoms with Gasteiger partial charge in [0.15, 0.2) is 12.1 Å². The Kier molecular flexibility index (Phi) is 1.22. The largest absolute Gasteiger partial charge is 0.370 e. The SMILES string of the molecule is CC1(C)O[C@@H]2O[C@H]3CO[C@H]3[C@@H]2O1. The lowest BCUT2D eigenvalue weighted by atomic mass is 10.1. The molecule has 0 spiro atoms. The molecule has 0 bridgehead atoms. The molecular weight excluding hydrogens is 160 g/mol. The van der Waals surface area contributed by atoms with Gasteiger partial charge in [-0.15, -0.1) is 0 Å². The molecule has 0 aliphatic carbocycles. The van der Waals surface area contributed by atoms with Gasteiger partial charge in [-0.1, -0.05) is 0 Å². The standard InChI is InChI=1S/C8H12O4/c1-8(2)11-6-5-4(3-9-5)10-7(6)12-8/h4-7H,3H2,1-2H3/t4-,5+,6-,7-/m0/s1. The second-order valence-electron chi connectivity index (χ2n) is 3.94. The second-order valence-corrected chi connectivity index (χ2v) is 3.94. The topological polar surface area (TPSA) is 36.9 Å². The van der Waals surface area contributed by atoms with E-state index in [1.54, 1.807) is 0 Å². The van der Waals surface area contributed by atoms with Crippen molar-refractivity contribution in [1.82, 2.24) is 0 Å². The van der Waals surface area contributed by atoms with Gasteiger partial charge in [-0.05, 0) is 13.8 Å². The lowest BCUT2D eigenvalue weighted by molar-refractivity contribution is -0.253. The van der Waals surface area contributed by atoms with E-state index in [2.05, 4.69) is 0 Å². The van der Waals surface area contributed by atoms with Crippen LogP contribution in [-0.2, 0) is 18.9 Å². The summed E-state index contributed by atoms with van der Waals surface area (Å²) in [6.45, 7) is 4.47. The fraction of sp³-hybridized carbons (Fsp3) is 1.00. The van der Waals surface area contributed by atoms with Crippen LogP contribution in [0.1, 0.15) is 13.8 Å². The third-order valence-corrected chi connectivity index (χ3v) is 2.54. The van der Waals surface area contributed by atoms with Gasteiger partial charge in [-0.2, -0.15) is 0 Å². The first-order chi connectivity index (χ1) is 5.66. The first kappa shape index (κ1) is 7.26. The third kappa shape index (κ3) is 0.808. The first-order valence-corrected chi connectivity index (χ1v) is 4.28. The van der Waals surface area contributed by atoms with Crippen LogP contribution in [0.3, 0.4) is 0 Å². The van der Waals surface area contributed by atoms with Crippen molar-refractivity contribution in [3.63, 3.8) is 0 Å². The molecule has 3 heterocycles. The predicted molar refractivity (Wildman–Crippen MR) is 38.4 cm³/mol. The molecule has 3 rings (SSSR count). The van der Waals surface area contributed by atoms with Crippen LogP contribution in [0, 0.1) is 0 Å². The molecule has 3 saturated heterocycles. The second kappa shape index (κ2) is 2.01. The van der Waals surface area contributed by atoms with Crippen LogP contribution in [0.4, 0.5) is 0 Å². The molecular formula is C8H12O4. The predicted octanol–water partition coefficient (Wildman–Crippen LogP) is 0.262. The van der Waals surface area contributed by atoms with Crippen molar-refractivity contribution in [2.24, 2.45) is 0 Å². The van der Waals surface area contributed by atoms with Gasteiger partial charge in [0.2, 0.25) is 0 Å². The van der Waals surface area contributed by atoms with E-state index in [1.807, 2.05) is 13.8 Å². The van der Waals surface area contributed by atoms with E-state index in [0.29, 0.717) is 6.61 Å². The molecule has 3 aliphatic heterocycles. The molecule has 0 aromatic rings. The molecule has 3 fully saturated rings. The maximum Gasteiger partial charge on any atom is 0.190 e. The summed E-state index contributed by atoms with van der Waals surface area (Å²) in [5, 5.41) is 0.